The Hall–Kier alpha value is -1.80. The van der Waals surface area contributed by atoms with Gasteiger partial charge in [0.1, 0.15) is 0 Å². The smallest absolute Gasteiger partial charge is 0.354 e. The molecule has 0 bridgehead atoms. The second-order valence-corrected chi connectivity index (χ2v) is 5.07. The summed E-state index contributed by atoms with van der Waals surface area (Å²) in [4.78, 5) is 10.8. The lowest BCUT2D eigenvalue weighted by atomic mass is 10.2. The second-order valence-electron chi connectivity index (χ2n) is 5.07. The third-order valence-corrected chi connectivity index (χ3v) is 2.88. The molecule has 0 rings (SSSR count). The maximum Gasteiger partial charge on any atom is 0.462 e. The quantitative estimate of drug-likeness (QED) is 0.511. The first kappa shape index (κ1) is 29.2. The molecular weight excluding hydrogens is 505 g/mol. The van der Waals surface area contributed by atoms with Crippen LogP contribution >= 0.6 is 0 Å². The van der Waals surface area contributed by atoms with Gasteiger partial charge in [-0.3, -0.25) is 14.3 Å². The number of likely N-dealkylation sites (N-methyl/N-ethyl adjacent to an activating group) is 1. The van der Waals surface area contributed by atoms with E-state index in [2.05, 4.69) is 0 Å². The minimum atomic E-state index is -8.01. The van der Waals surface area contributed by atoms with Gasteiger partial charge in [0.25, 0.3) is 5.91 Å². The lowest BCUT2D eigenvalue weighted by Crippen LogP contribution is -2.68. The van der Waals surface area contributed by atoms with Crippen LogP contribution in [0.3, 0.4) is 0 Å². The summed E-state index contributed by atoms with van der Waals surface area (Å²) < 4.78 is 219. The molecule has 1 amide bonds. The van der Waals surface area contributed by atoms with Crippen molar-refractivity contribution in [3.8, 4) is 0 Å². The highest BCUT2D eigenvalue weighted by atomic mass is 19.4. The van der Waals surface area contributed by atoms with Gasteiger partial charge < -0.3 is 5.32 Å². The fourth-order valence-electron chi connectivity index (χ4n) is 1.32. The molecule has 0 unspecified atom stereocenters. The summed E-state index contributed by atoms with van der Waals surface area (Å²) in [6.07, 6.45) is -38.3. The minimum Gasteiger partial charge on any atom is -0.354 e. The van der Waals surface area contributed by atoms with Crippen LogP contribution in [-0.2, 0) is 14.3 Å². The molecule has 0 spiro atoms. The average Bonchev–Trinajstić information content (AvgIpc) is 2.49. The zero-order chi connectivity index (χ0) is 25.7. The first-order valence-corrected chi connectivity index (χ1v) is 6.48. The number of hydrogen-bond donors (Lipinski definition) is 1. The molecule has 186 valence electrons. The van der Waals surface area contributed by atoms with Gasteiger partial charge in [-0.25, -0.2) is 0 Å². The fraction of sp³-hybridized carbons (Fsp3) is 0.900. The van der Waals surface area contributed by atoms with Crippen molar-refractivity contribution >= 4 is 5.91 Å². The zero-order valence-electron chi connectivity index (χ0n) is 13.7. The fourth-order valence-corrected chi connectivity index (χ4v) is 1.32. The lowest BCUT2D eigenvalue weighted by Gasteiger charge is -2.40. The SMILES string of the molecule is CNC(=O)[C@@](F)(OC(F)(F)[C@@](F)(OC(F)(F)C(F)(F)C(F)(F)F)C(F)(F)F)C(F)(F)F. The van der Waals surface area contributed by atoms with Gasteiger partial charge in [-0.2, -0.15) is 74.6 Å². The topological polar surface area (TPSA) is 47.6 Å². The summed E-state index contributed by atoms with van der Waals surface area (Å²) in [5.74, 6) is -26.0. The molecule has 0 aliphatic carbocycles. The molecule has 31 heavy (non-hydrogen) atoms. The Morgan fingerprint density at radius 3 is 1.23 bits per heavy atom. The van der Waals surface area contributed by atoms with Crippen molar-refractivity contribution in [2.24, 2.45) is 0 Å². The van der Waals surface area contributed by atoms with Crippen molar-refractivity contribution < 1.29 is 88.9 Å². The van der Waals surface area contributed by atoms with E-state index >= 15 is 0 Å². The van der Waals surface area contributed by atoms with Gasteiger partial charge in [0.05, 0.1) is 0 Å². The predicted octanol–water partition coefficient (Wildman–Crippen LogP) is 4.61. The molecule has 4 nitrogen and oxygen atoms in total. The van der Waals surface area contributed by atoms with E-state index in [-0.39, 0.29) is 7.05 Å². The predicted molar refractivity (Wildman–Crippen MR) is 56.9 cm³/mol. The molecule has 0 radical (unpaired) electrons. The number of nitrogens with one attached hydrogen (secondary N) is 1. The first-order valence-electron chi connectivity index (χ1n) is 6.48. The Balaban J connectivity index is 6.69. The van der Waals surface area contributed by atoms with E-state index < -0.39 is 54.3 Å². The minimum absolute atomic E-state index is 0.0187. The Morgan fingerprint density at radius 2 is 0.968 bits per heavy atom. The number of hydrogen-bond acceptors (Lipinski definition) is 3. The van der Waals surface area contributed by atoms with E-state index in [4.69, 9.17) is 0 Å². The summed E-state index contributed by atoms with van der Waals surface area (Å²) in [5.41, 5.74) is 0. The van der Waals surface area contributed by atoms with E-state index in [1.165, 1.54) is 4.74 Å². The number of carbonyl (C=O) groups excluding carboxylic acids is 1. The van der Waals surface area contributed by atoms with E-state index in [9.17, 15) is 79.4 Å². The monoisotopic (exact) mass is 509 g/mol. The van der Waals surface area contributed by atoms with Gasteiger partial charge in [0.2, 0.25) is 0 Å². The highest BCUT2D eigenvalue weighted by Gasteiger charge is 2.85. The van der Waals surface area contributed by atoms with Crippen molar-refractivity contribution in [2.45, 2.75) is 48.4 Å². The zero-order valence-corrected chi connectivity index (χ0v) is 13.7. The number of amides is 1. The normalized spacial score (nSPS) is 18.9. The molecule has 0 saturated carbocycles. The highest BCUT2D eigenvalue weighted by molar-refractivity contribution is 5.84. The Labute approximate surface area is 157 Å². The van der Waals surface area contributed by atoms with Gasteiger partial charge in [-0.15, -0.1) is 0 Å². The molecule has 0 aromatic rings. The summed E-state index contributed by atoms with van der Waals surface area (Å²) >= 11 is 0. The van der Waals surface area contributed by atoms with E-state index in [1.807, 2.05) is 0 Å². The van der Waals surface area contributed by atoms with Crippen LogP contribution in [0.25, 0.3) is 0 Å². The Morgan fingerprint density at radius 1 is 0.581 bits per heavy atom. The van der Waals surface area contributed by atoms with Crippen LogP contribution in [0.15, 0.2) is 0 Å². The van der Waals surface area contributed by atoms with Crippen LogP contribution in [0, 0.1) is 0 Å². The summed E-state index contributed by atoms with van der Waals surface area (Å²) in [6.45, 7) is 0. The third kappa shape index (κ3) is 4.85. The molecule has 0 aliphatic heterocycles. The molecule has 0 saturated heterocycles. The molecule has 1 N–H and O–H groups in total. The standard InChI is InChI=1S/C10H4F17NO3/c1-28-2(29)3(11,6(15,16)17)30-10(26,27)5(14,8(21,22)23)31-9(24,25)4(12,13)7(18,19)20/h1H3,(H,28,29)/t3-,5+/m1/s1. The van der Waals surface area contributed by atoms with Gasteiger partial charge >= 0.3 is 48.4 Å². The van der Waals surface area contributed by atoms with E-state index in [0.29, 0.717) is 5.32 Å². The Kier molecular flexibility index (Phi) is 7.21. The molecule has 2 atom stereocenters. The number of halogens is 17. The van der Waals surface area contributed by atoms with Crippen molar-refractivity contribution in [3.63, 3.8) is 0 Å². The van der Waals surface area contributed by atoms with Gasteiger partial charge in [-0.1, -0.05) is 0 Å². The van der Waals surface area contributed by atoms with Crippen LogP contribution in [0.4, 0.5) is 74.6 Å². The van der Waals surface area contributed by atoms with Crippen molar-refractivity contribution in [3.05, 3.63) is 0 Å². The number of alkyl halides is 17. The van der Waals surface area contributed by atoms with Crippen molar-refractivity contribution in [2.75, 3.05) is 7.05 Å². The summed E-state index contributed by atoms with van der Waals surface area (Å²) in [5, 5.41) is 0.564. The average molecular weight is 509 g/mol. The van der Waals surface area contributed by atoms with E-state index in [0.717, 1.165) is 0 Å². The van der Waals surface area contributed by atoms with Crippen LogP contribution < -0.4 is 5.32 Å². The summed E-state index contributed by atoms with van der Waals surface area (Å²) in [6, 6.07) is 0. The molecular formula is C10H4F17NO3. The third-order valence-electron chi connectivity index (χ3n) is 2.88. The van der Waals surface area contributed by atoms with Crippen LogP contribution in [-0.4, -0.2) is 61.3 Å². The number of carbonyl (C=O) groups is 1. The second kappa shape index (κ2) is 7.66. The van der Waals surface area contributed by atoms with Crippen molar-refractivity contribution in [1.29, 1.82) is 0 Å². The van der Waals surface area contributed by atoms with E-state index in [1.54, 1.807) is 4.74 Å². The molecule has 0 heterocycles. The first-order chi connectivity index (χ1) is 13.1. The molecule has 0 aromatic heterocycles. The highest BCUT2D eigenvalue weighted by Crippen LogP contribution is 2.56. The molecule has 0 fully saturated rings. The number of rotatable bonds is 7. The van der Waals surface area contributed by atoms with Crippen molar-refractivity contribution in [1.82, 2.24) is 5.32 Å². The van der Waals surface area contributed by atoms with Crippen LogP contribution in [0.5, 0.6) is 0 Å². The molecule has 0 aromatic carbocycles. The lowest BCUT2D eigenvalue weighted by molar-refractivity contribution is -0.548. The molecule has 0 aliphatic rings. The molecule has 21 heteroatoms. The van der Waals surface area contributed by atoms with Gasteiger partial charge in [0.15, 0.2) is 0 Å². The van der Waals surface area contributed by atoms with Gasteiger partial charge in [-0.05, 0) is 0 Å². The maximum absolute atomic E-state index is 13.7. The largest absolute Gasteiger partial charge is 0.462 e. The van der Waals surface area contributed by atoms with Crippen LogP contribution in [0.2, 0.25) is 0 Å². The Bertz CT molecular complexity index is 667. The maximum atomic E-state index is 13.7. The van der Waals surface area contributed by atoms with Gasteiger partial charge in [0, 0.05) is 7.05 Å². The van der Waals surface area contributed by atoms with Crippen LogP contribution in [0.1, 0.15) is 0 Å². The number of ether oxygens (including phenoxy) is 2. The summed E-state index contributed by atoms with van der Waals surface area (Å²) in [7, 11) is 0.0187.